The van der Waals surface area contributed by atoms with E-state index in [9.17, 15) is 9.59 Å². The molecule has 2 atom stereocenters. The van der Waals surface area contributed by atoms with E-state index in [2.05, 4.69) is 38.6 Å². The minimum absolute atomic E-state index is 0.0556. The lowest BCUT2D eigenvalue weighted by Crippen LogP contribution is -2.43. The molecule has 0 aliphatic rings. The van der Waals surface area contributed by atoms with E-state index in [1.807, 2.05) is 13.8 Å². The van der Waals surface area contributed by atoms with Gasteiger partial charge in [-0.2, -0.15) is 0 Å². The number of ether oxygens (including phenoxy) is 2. The molecule has 7 heteroatoms. The second-order valence-corrected chi connectivity index (χ2v) is 12.3. The molecule has 1 N–H and O–H groups in total. The molecule has 0 amide bonds. The van der Waals surface area contributed by atoms with Gasteiger partial charge in [-0.15, -0.1) is 0 Å². The molecule has 0 radical (unpaired) electrons. The van der Waals surface area contributed by atoms with Crippen LogP contribution in [0.25, 0.3) is 0 Å². The Morgan fingerprint density at radius 3 is 1.68 bits per heavy atom. The number of hydrogen-bond acceptors (Lipinski definition) is 6. The van der Waals surface area contributed by atoms with Crippen LogP contribution in [0.2, 0.25) is 18.1 Å². The number of aliphatic hydroxyl groups is 1. The topological polar surface area (TPSA) is 82.1 Å². The van der Waals surface area contributed by atoms with Gasteiger partial charge in [0, 0.05) is 0 Å². The van der Waals surface area contributed by atoms with E-state index in [-0.39, 0.29) is 29.5 Å². The maximum absolute atomic E-state index is 11.3. The third kappa shape index (κ3) is 14.0. The Morgan fingerprint density at radius 2 is 1.36 bits per heavy atom. The first-order chi connectivity index (χ1) is 11.3. The highest BCUT2D eigenvalue weighted by Gasteiger charge is 2.38. The predicted molar refractivity (Wildman–Crippen MR) is 102 cm³/mol. The Balaban J connectivity index is 0. The molecule has 0 aromatic carbocycles. The van der Waals surface area contributed by atoms with Gasteiger partial charge in [0.05, 0.1) is 38.3 Å². The molecular formula is C18H38O6Si. The summed E-state index contributed by atoms with van der Waals surface area (Å²) in [7, 11) is -1.77. The quantitative estimate of drug-likeness (QED) is 0.512. The van der Waals surface area contributed by atoms with E-state index in [0.29, 0.717) is 19.6 Å². The van der Waals surface area contributed by atoms with Gasteiger partial charge in [0.1, 0.15) is 0 Å². The molecule has 0 rings (SSSR count). The standard InChI is InChI=1S/C12H26O3Si.C6H12O3/c1-8-14-11(13)9-10(2)15-16(6,7)12(3,4)5;1-3-9-6(8)4-5(2)7/h10H,8-9H2,1-7H3;5,7H,3-4H2,1-2H3. The summed E-state index contributed by atoms with van der Waals surface area (Å²) in [6.45, 7) is 18.8. The fraction of sp³-hybridized carbons (Fsp3) is 0.889. The van der Waals surface area contributed by atoms with Crippen molar-refractivity contribution >= 4 is 20.3 Å². The van der Waals surface area contributed by atoms with Crippen molar-refractivity contribution in [3.63, 3.8) is 0 Å². The maximum atomic E-state index is 11.3. The number of carbonyl (C=O) groups is 2. The molecule has 0 bridgehead atoms. The van der Waals surface area contributed by atoms with Gasteiger partial charge in [-0.3, -0.25) is 9.59 Å². The Morgan fingerprint density at radius 1 is 0.960 bits per heavy atom. The zero-order valence-electron chi connectivity index (χ0n) is 17.5. The second kappa shape index (κ2) is 12.4. The fourth-order valence-corrected chi connectivity index (χ4v) is 3.08. The molecule has 0 spiro atoms. The van der Waals surface area contributed by atoms with Crippen molar-refractivity contribution in [2.24, 2.45) is 0 Å². The third-order valence-electron chi connectivity index (χ3n) is 3.83. The van der Waals surface area contributed by atoms with Gasteiger partial charge in [-0.05, 0) is 45.8 Å². The Labute approximate surface area is 154 Å². The first-order valence-corrected chi connectivity index (χ1v) is 11.8. The smallest absolute Gasteiger partial charge is 0.308 e. The van der Waals surface area contributed by atoms with Crippen molar-refractivity contribution in [1.82, 2.24) is 0 Å². The van der Waals surface area contributed by atoms with Crippen LogP contribution >= 0.6 is 0 Å². The summed E-state index contributed by atoms with van der Waals surface area (Å²) in [5.74, 6) is -0.513. The van der Waals surface area contributed by atoms with Crippen LogP contribution in [0.1, 0.15) is 61.3 Å². The Kier molecular flexibility index (Phi) is 13.1. The van der Waals surface area contributed by atoms with Crippen molar-refractivity contribution in [1.29, 1.82) is 0 Å². The predicted octanol–water partition coefficient (Wildman–Crippen LogP) is 3.67. The van der Waals surface area contributed by atoms with Crippen LogP contribution in [0.4, 0.5) is 0 Å². The van der Waals surface area contributed by atoms with Gasteiger partial charge in [0.15, 0.2) is 8.32 Å². The van der Waals surface area contributed by atoms with Gasteiger partial charge in [0.2, 0.25) is 0 Å². The average Bonchev–Trinajstić information content (AvgIpc) is 2.36. The highest BCUT2D eigenvalue weighted by Crippen LogP contribution is 2.37. The number of esters is 2. The van der Waals surface area contributed by atoms with Crippen LogP contribution in [0.5, 0.6) is 0 Å². The van der Waals surface area contributed by atoms with Crippen molar-refractivity contribution in [2.75, 3.05) is 13.2 Å². The molecular weight excluding hydrogens is 340 g/mol. The fourth-order valence-electron chi connectivity index (χ4n) is 1.64. The van der Waals surface area contributed by atoms with E-state index in [1.54, 1.807) is 13.8 Å². The molecule has 0 aliphatic heterocycles. The summed E-state index contributed by atoms with van der Waals surface area (Å²) in [4.78, 5) is 21.8. The number of rotatable bonds is 8. The molecule has 0 heterocycles. The molecule has 0 aliphatic carbocycles. The average molecular weight is 379 g/mol. The van der Waals surface area contributed by atoms with E-state index in [0.717, 1.165) is 0 Å². The summed E-state index contributed by atoms with van der Waals surface area (Å²) in [6.07, 6.45) is -0.210. The number of aliphatic hydroxyl groups excluding tert-OH is 1. The molecule has 25 heavy (non-hydrogen) atoms. The maximum Gasteiger partial charge on any atom is 0.308 e. The minimum atomic E-state index is -1.77. The van der Waals surface area contributed by atoms with Crippen LogP contribution in [-0.4, -0.2) is 50.8 Å². The number of carbonyl (C=O) groups excluding carboxylic acids is 2. The molecule has 150 valence electrons. The summed E-state index contributed by atoms with van der Waals surface area (Å²) < 4.78 is 15.5. The summed E-state index contributed by atoms with van der Waals surface area (Å²) in [5.41, 5.74) is 0. The van der Waals surface area contributed by atoms with Crippen LogP contribution in [0.3, 0.4) is 0 Å². The van der Waals surface area contributed by atoms with E-state index >= 15 is 0 Å². The SMILES string of the molecule is CCOC(=O)CC(C)O.CCOC(=O)CC(C)O[Si](C)(C)C(C)(C)C. The molecule has 0 saturated heterocycles. The highest BCUT2D eigenvalue weighted by molar-refractivity contribution is 6.74. The van der Waals surface area contributed by atoms with Crippen molar-refractivity contribution in [2.45, 2.75) is 91.6 Å². The van der Waals surface area contributed by atoms with E-state index in [4.69, 9.17) is 14.3 Å². The van der Waals surface area contributed by atoms with Gasteiger partial charge < -0.3 is 19.0 Å². The van der Waals surface area contributed by atoms with Crippen molar-refractivity contribution < 1.29 is 28.6 Å². The Bertz CT molecular complexity index is 388. The molecule has 0 aromatic rings. The minimum Gasteiger partial charge on any atom is -0.466 e. The molecule has 2 unspecified atom stereocenters. The van der Waals surface area contributed by atoms with Gasteiger partial charge in [-0.25, -0.2) is 0 Å². The van der Waals surface area contributed by atoms with Gasteiger partial charge in [0.25, 0.3) is 0 Å². The highest BCUT2D eigenvalue weighted by atomic mass is 28.4. The zero-order chi connectivity index (χ0) is 20.3. The summed E-state index contributed by atoms with van der Waals surface area (Å²) >= 11 is 0. The van der Waals surface area contributed by atoms with Crippen LogP contribution in [-0.2, 0) is 23.5 Å². The van der Waals surface area contributed by atoms with Crippen LogP contribution < -0.4 is 0 Å². The first kappa shape index (κ1) is 26.3. The van der Waals surface area contributed by atoms with E-state index < -0.39 is 14.4 Å². The normalized spacial score (nSPS) is 14.0. The lowest BCUT2D eigenvalue weighted by Gasteiger charge is -2.38. The summed E-state index contributed by atoms with van der Waals surface area (Å²) in [6, 6.07) is 0. The molecule has 0 saturated carbocycles. The lowest BCUT2D eigenvalue weighted by molar-refractivity contribution is -0.146. The monoisotopic (exact) mass is 378 g/mol. The third-order valence-corrected chi connectivity index (χ3v) is 8.43. The second-order valence-electron chi connectivity index (χ2n) is 7.56. The summed E-state index contributed by atoms with van der Waals surface area (Å²) in [5, 5.41) is 8.83. The molecule has 6 nitrogen and oxygen atoms in total. The first-order valence-electron chi connectivity index (χ1n) is 8.93. The van der Waals surface area contributed by atoms with Crippen molar-refractivity contribution in [3.8, 4) is 0 Å². The molecule has 0 fully saturated rings. The molecule has 0 aromatic heterocycles. The zero-order valence-corrected chi connectivity index (χ0v) is 18.5. The van der Waals surface area contributed by atoms with Crippen LogP contribution in [0, 0.1) is 0 Å². The Hall–Kier alpha value is -0.923. The lowest BCUT2D eigenvalue weighted by atomic mass is 10.2. The van der Waals surface area contributed by atoms with Crippen LogP contribution in [0.15, 0.2) is 0 Å². The van der Waals surface area contributed by atoms with Gasteiger partial charge in [-0.1, -0.05) is 20.8 Å². The largest absolute Gasteiger partial charge is 0.466 e. The number of hydrogen-bond donors (Lipinski definition) is 1. The van der Waals surface area contributed by atoms with Gasteiger partial charge >= 0.3 is 11.9 Å². The van der Waals surface area contributed by atoms with E-state index in [1.165, 1.54) is 0 Å². The van der Waals surface area contributed by atoms with Crippen molar-refractivity contribution in [3.05, 3.63) is 0 Å².